The molecule has 0 unspecified atom stereocenters. The Bertz CT molecular complexity index is 801. The molecule has 1 aliphatic carbocycles. The Morgan fingerprint density at radius 3 is 2.93 bits per heavy atom. The first-order valence-electron chi connectivity index (χ1n) is 10.4. The van der Waals surface area contributed by atoms with E-state index >= 15 is 0 Å². The molecule has 4 rings (SSSR count). The smallest absolute Gasteiger partial charge is 0.251 e. The molecule has 28 heavy (non-hydrogen) atoms. The van der Waals surface area contributed by atoms with Crippen LogP contribution in [0.3, 0.4) is 0 Å². The van der Waals surface area contributed by atoms with E-state index in [1.165, 1.54) is 38.8 Å². The van der Waals surface area contributed by atoms with Crippen molar-refractivity contribution in [2.45, 2.75) is 64.1 Å². The number of aromatic nitrogens is 1. The molecule has 1 N–H and O–H groups in total. The molecule has 2 atom stereocenters. The summed E-state index contributed by atoms with van der Waals surface area (Å²) < 4.78 is 5.82. The van der Waals surface area contributed by atoms with Gasteiger partial charge in [0, 0.05) is 23.0 Å². The molecule has 1 aromatic carbocycles. The zero-order valence-electron chi connectivity index (χ0n) is 16.5. The van der Waals surface area contributed by atoms with Gasteiger partial charge < -0.3 is 15.0 Å². The highest BCUT2D eigenvalue weighted by atomic mass is 32.1. The van der Waals surface area contributed by atoms with Crippen molar-refractivity contribution in [3.05, 3.63) is 45.9 Å². The minimum Gasteiger partial charge on any atom is -0.487 e. The fourth-order valence-electron chi connectivity index (χ4n) is 4.33. The zero-order chi connectivity index (χ0) is 19.3. The van der Waals surface area contributed by atoms with E-state index in [0.29, 0.717) is 24.0 Å². The number of ether oxygens (including phenoxy) is 1. The summed E-state index contributed by atoms with van der Waals surface area (Å²) in [5.74, 6) is 0.704. The quantitative estimate of drug-likeness (QED) is 0.792. The summed E-state index contributed by atoms with van der Waals surface area (Å²) in [7, 11) is 0. The van der Waals surface area contributed by atoms with Gasteiger partial charge in [-0.1, -0.05) is 12.5 Å². The van der Waals surface area contributed by atoms with E-state index in [1.807, 2.05) is 36.6 Å². The molecule has 6 heteroatoms. The number of hydrogen-bond acceptors (Lipinski definition) is 5. The molecular weight excluding hydrogens is 370 g/mol. The number of benzene rings is 1. The molecule has 1 aliphatic heterocycles. The highest BCUT2D eigenvalue weighted by molar-refractivity contribution is 7.09. The van der Waals surface area contributed by atoms with Gasteiger partial charge in [0.25, 0.3) is 5.91 Å². The summed E-state index contributed by atoms with van der Waals surface area (Å²) in [6.07, 6.45) is 7.35. The van der Waals surface area contributed by atoms with Crippen LogP contribution in [0.2, 0.25) is 0 Å². The average Bonchev–Trinajstić information content (AvgIpc) is 3.36. The molecule has 2 heterocycles. The lowest BCUT2D eigenvalue weighted by molar-refractivity contribution is 0.0933. The van der Waals surface area contributed by atoms with Crippen LogP contribution in [0.1, 0.15) is 59.6 Å². The zero-order valence-corrected chi connectivity index (χ0v) is 17.3. The Labute approximate surface area is 171 Å². The normalized spacial score (nSPS) is 22.9. The lowest BCUT2D eigenvalue weighted by Gasteiger charge is -2.32. The predicted octanol–water partition coefficient (Wildman–Crippen LogP) is 4.17. The molecular formula is C22H29N3O2S. The van der Waals surface area contributed by atoms with Crippen molar-refractivity contribution < 1.29 is 9.53 Å². The van der Waals surface area contributed by atoms with Crippen molar-refractivity contribution in [3.8, 4) is 5.75 Å². The monoisotopic (exact) mass is 399 g/mol. The Balaban J connectivity index is 1.29. The van der Waals surface area contributed by atoms with Gasteiger partial charge in [0.15, 0.2) is 0 Å². The van der Waals surface area contributed by atoms with Gasteiger partial charge in [-0.3, -0.25) is 4.79 Å². The number of nitrogens with zero attached hydrogens (tertiary/aromatic N) is 2. The van der Waals surface area contributed by atoms with Crippen LogP contribution in [0, 0.1) is 6.92 Å². The summed E-state index contributed by atoms with van der Waals surface area (Å²) in [6.45, 7) is 4.86. The number of amides is 1. The second-order valence-corrected chi connectivity index (χ2v) is 8.97. The van der Waals surface area contributed by atoms with Crippen LogP contribution in [-0.4, -0.2) is 41.0 Å². The lowest BCUT2D eigenvalue weighted by atomic mass is 10.1. The van der Waals surface area contributed by atoms with Gasteiger partial charge in [0.1, 0.15) is 12.4 Å². The summed E-state index contributed by atoms with van der Waals surface area (Å²) in [4.78, 5) is 19.8. The number of aryl methyl sites for hydroxylation is 1. The van der Waals surface area contributed by atoms with Gasteiger partial charge in [-0.25, -0.2) is 4.98 Å². The Hall–Kier alpha value is -1.92. The van der Waals surface area contributed by atoms with E-state index in [9.17, 15) is 4.79 Å². The number of hydrogen-bond donors (Lipinski definition) is 1. The van der Waals surface area contributed by atoms with Crippen molar-refractivity contribution in [1.29, 1.82) is 0 Å². The molecule has 1 amide bonds. The summed E-state index contributed by atoms with van der Waals surface area (Å²) in [5, 5.41) is 6.27. The Kier molecular flexibility index (Phi) is 6.27. The molecule has 1 saturated heterocycles. The molecule has 2 fully saturated rings. The van der Waals surface area contributed by atoms with Crippen LogP contribution in [0.15, 0.2) is 29.6 Å². The molecule has 0 bridgehead atoms. The van der Waals surface area contributed by atoms with E-state index in [-0.39, 0.29) is 11.9 Å². The molecule has 1 saturated carbocycles. The third kappa shape index (κ3) is 4.92. The van der Waals surface area contributed by atoms with E-state index in [0.717, 1.165) is 23.5 Å². The standard InChI is InChI=1S/C22H29N3O2S/c1-16-23-19(15-28-16)14-27-21-7-5-6-17(12-21)22(26)24-18-8-9-20(13-18)25-10-3-2-4-11-25/h5-7,12,15,18,20H,2-4,8-11,13-14H2,1H3,(H,24,26)/t18-,20-/m1/s1. The largest absolute Gasteiger partial charge is 0.487 e. The fourth-order valence-corrected chi connectivity index (χ4v) is 4.93. The summed E-state index contributed by atoms with van der Waals surface area (Å²) >= 11 is 1.62. The van der Waals surface area contributed by atoms with Crippen LogP contribution in [0.4, 0.5) is 0 Å². The van der Waals surface area contributed by atoms with Crippen molar-refractivity contribution in [1.82, 2.24) is 15.2 Å². The minimum atomic E-state index is -0.000697. The summed E-state index contributed by atoms with van der Waals surface area (Å²) in [5.41, 5.74) is 1.58. The second-order valence-electron chi connectivity index (χ2n) is 7.91. The maximum absolute atomic E-state index is 12.7. The van der Waals surface area contributed by atoms with Gasteiger partial charge in [0.2, 0.25) is 0 Å². The first kappa shape index (κ1) is 19.4. The van der Waals surface area contributed by atoms with Gasteiger partial charge >= 0.3 is 0 Å². The van der Waals surface area contributed by atoms with Crippen LogP contribution >= 0.6 is 11.3 Å². The first-order valence-corrected chi connectivity index (χ1v) is 11.2. The average molecular weight is 400 g/mol. The SMILES string of the molecule is Cc1nc(COc2cccc(C(=O)N[C@@H]3CC[C@@H](N4CCCCC4)C3)c2)cs1. The number of thiazole rings is 1. The van der Waals surface area contributed by atoms with Crippen molar-refractivity contribution in [2.24, 2.45) is 0 Å². The fraction of sp³-hybridized carbons (Fsp3) is 0.545. The predicted molar refractivity (Wildman–Crippen MR) is 112 cm³/mol. The third-order valence-corrected chi connectivity index (χ3v) is 6.62. The first-order chi connectivity index (χ1) is 13.7. The van der Waals surface area contributed by atoms with Crippen molar-refractivity contribution in [3.63, 3.8) is 0 Å². The molecule has 5 nitrogen and oxygen atoms in total. The molecule has 2 aromatic rings. The van der Waals surface area contributed by atoms with Crippen molar-refractivity contribution in [2.75, 3.05) is 13.1 Å². The van der Waals surface area contributed by atoms with Gasteiger partial charge in [-0.15, -0.1) is 11.3 Å². The van der Waals surface area contributed by atoms with Crippen LogP contribution < -0.4 is 10.1 Å². The maximum atomic E-state index is 12.7. The number of carbonyl (C=O) groups excluding carboxylic acids is 1. The minimum absolute atomic E-state index is 0.000697. The van der Waals surface area contributed by atoms with Gasteiger partial charge in [-0.2, -0.15) is 0 Å². The highest BCUT2D eigenvalue weighted by Crippen LogP contribution is 2.27. The number of piperidine rings is 1. The number of likely N-dealkylation sites (tertiary alicyclic amines) is 1. The van der Waals surface area contributed by atoms with Gasteiger partial charge in [0.05, 0.1) is 10.7 Å². The van der Waals surface area contributed by atoms with Gasteiger partial charge in [-0.05, 0) is 70.3 Å². The molecule has 0 radical (unpaired) electrons. The summed E-state index contributed by atoms with van der Waals surface area (Å²) in [6, 6.07) is 8.36. The second kappa shape index (κ2) is 9.05. The number of carbonyl (C=O) groups is 1. The van der Waals surface area contributed by atoms with E-state index in [1.54, 1.807) is 11.3 Å². The van der Waals surface area contributed by atoms with Crippen LogP contribution in [0.5, 0.6) is 5.75 Å². The van der Waals surface area contributed by atoms with E-state index < -0.39 is 0 Å². The molecule has 150 valence electrons. The van der Waals surface area contributed by atoms with Crippen LogP contribution in [-0.2, 0) is 6.61 Å². The number of nitrogens with one attached hydrogen (secondary N) is 1. The van der Waals surface area contributed by atoms with E-state index in [2.05, 4.69) is 15.2 Å². The number of rotatable bonds is 6. The topological polar surface area (TPSA) is 54.5 Å². The molecule has 2 aliphatic rings. The Morgan fingerprint density at radius 1 is 1.29 bits per heavy atom. The van der Waals surface area contributed by atoms with E-state index in [4.69, 9.17) is 4.74 Å². The highest BCUT2D eigenvalue weighted by Gasteiger charge is 2.30. The van der Waals surface area contributed by atoms with Crippen molar-refractivity contribution >= 4 is 17.2 Å². The van der Waals surface area contributed by atoms with Crippen LogP contribution in [0.25, 0.3) is 0 Å². The molecule has 0 spiro atoms. The Morgan fingerprint density at radius 2 is 2.14 bits per heavy atom. The third-order valence-electron chi connectivity index (χ3n) is 5.80. The molecule has 1 aromatic heterocycles. The maximum Gasteiger partial charge on any atom is 0.251 e. The lowest BCUT2D eigenvalue weighted by Crippen LogP contribution is -2.39.